The molecule has 4 atom stereocenters. The van der Waals surface area contributed by atoms with Gasteiger partial charge in [0.1, 0.15) is 5.82 Å². The molecule has 2 aromatic carbocycles. The predicted molar refractivity (Wildman–Crippen MR) is 150 cm³/mol. The highest BCUT2D eigenvalue weighted by Crippen LogP contribution is 2.48. The zero-order chi connectivity index (χ0) is 28.5. The third kappa shape index (κ3) is 5.94. The minimum absolute atomic E-state index is 0.0734. The molecule has 0 unspecified atom stereocenters. The molecule has 1 aliphatic rings. The van der Waals surface area contributed by atoms with Crippen molar-refractivity contribution in [2.75, 3.05) is 12.4 Å². The number of rotatable bonds is 6. The number of carbonyl (C=O) groups excluding carboxylic acids is 2. The number of benzene rings is 2. The van der Waals surface area contributed by atoms with Crippen LogP contribution in [-0.2, 0) is 15.1 Å². The first kappa shape index (κ1) is 29.0. The van der Waals surface area contributed by atoms with Gasteiger partial charge in [-0.1, -0.05) is 56.1 Å². The molecule has 4 rings (SSSR count). The fraction of sp³-hybridized carbons (Fsp3) is 0.345. The van der Waals surface area contributed by atoms with Crippen LogP contribution < -0.4 is 16.4 Å². The van der Waals surface area contributed by atoms with Crippen molar-refractivity contribution in [1.29, 1.82) is 0 Å². The van der Waals surface area contributed by atoms with Crippen LogP contribution in [0.1, 0.15) is 54.7 Å². The van der Waals surface area contributed by atoms with Gasteiger partial charge in [0.05, 0.1) is 40.0 Å². The summed E-state index contributed by atoms with van der Waals surface area (Å²) in [6.07, 6.45) is 2.05. The van der Waals surface area contributed by atoms with Gasteiger partial charge in [-0.15, -0.1) is 0 Å². The summed E-state index contributed by atoms with van der Waals surface area (Å²) in [5, 5.41) is 6.64. The van der Waals surface area contributed by atoms with E-state index in [1.54, 1.807) is 48.5 Å². The van der Waals surface area contributed by atoms with Crippen molar-refractivity contribution in [3.63, 3.8) is 0 Å². The van der Waals surface area contributed by atoms with Gasteiger partial charge in [0.2, 0.25) is 5.91 Å². The van der Waals surface area contributed by atoms with Crippen LogP contribution in [0.5, 0.6) is 0 Å². The maximum absolute atomic E-state index is 15.6. The highest BCUT2D eigenvalue weighted by molar-refractivity contribution is 6.31. The number of anilines is 1. The van der Waals surface area contributed by atoms with Crippen molar-refractivity contribution < 1.29 is 18.7 Å². The maximum Gasteiger partial charge on any atom is 0.337 e. The fourth-order valence-electron chi connectivity index (χ4n) is 5.21. The minimum atomic E-state index is -1.31. The molecule has 39 heavy (non-hydrogen) atoms. The first-order valence-electron chi connectivity index (χ1n) is 12.4. The number of methoxy groups -OCH3 is 1. The number of pyridine rings is 1. The van der Waals surface area contributed by atoms with Crippen LogP contribution in [0.25, 0.3) is 0 Å². The predicted octanol–water partition coefficient (Wildman–Crippen LogP) is 5.67. The van der Waals surface area contributed by atoms with Gasteiger partial charge in [-0.25, -0.2) is 9.18 Å². The first-order chi connectivity index (χ1) is 18.3. The standard InChI is InChI=1S/C29H31Cl2FN4O3/c1-28(2,3)14-22-29(33,21-13-10-17(30)15-34-21)23(19-6-5-7-20(31)24(19)32)25(36-22)26(37)35-18-11-8-16(9-12-18)27(38)39-4/h5-13,15,22-23,25,36H,14,33H2,1-4H3,(H,35,37)/t22-,23-,25+,29+/m0/s1. The number of nitrogens with one attached hydrogen (secondary N) is 2. The molecule has 3 aromatic rings. The Morgan fingerprint density at radius 2 is 1.82 bits per heavy atom. The monoisotopic (exact) mass is 572 g/mol. The Kier molecular flexibility index (Phi) is 8.33. The summed E-state index contributed by atoms with van der Waals surface area (Å²) in [5.74, 6) is -2.45. The molecule has 1 fully saturated rings. The molecule has 7 nitrogen and oxygen atoms in total. The maximum atomic E-state index is 15.6. The molecule has 0 aliphatic carbocycles. The molecule has 1 aromatic heterocycles. The Labute approximate surface area is 237 Å². The average Bonchev–Trinajstić information content (AvgIpc) is 3.17. The van der Waals surface area contributed by atoms with Gasteiger partial charge >= 0.3 is 5.97 Å². The van der Waals surface area contributed by atoms with E-state index in [0.717, 1.165) is 0 Å². The van der Waals surface area contributed by atoms with Crippen molar-refractivity contribution in [3.8, 4) is 0 Å². The minimum Gasteiger partial charge on any atom is -0.465 e. The van der Waals surface area contributed by atoms with Crippen molar-refractivity contribution in [1.82, 2.24) is 10.3 Å². The second kappa shape index (κ2) is 11.2. The lowest BCUT2D eigenvalue weighted by atomic mass is 9.70. The van der Waals surface area contributed by atoms with Crippen LogP contribution in [0.4, 0.5) is 10.1 Å². The molecule has 0 bridgehead atoms. The number of nitrogens with two attached hydrogens (primary N) is 1. The smallest absolute Gasteiger partial charge is 0.337 e. The van der Waals surface area contributed by atoms with E-state index in [1.165, 1.54) is 19.4 Å². The number of ether oxygens (including phenoxy) is 1. The summed E-state index contributed by atoms with van der Waals surface area (Å²) in [6.45, 7) is 6.20. The van der Waals surface area contributed by atoms with Crippen LogP contribution in [0.15, 0.2) is 60.8 Å². The van der Waals surface area contributed by atoms with E-state index in [2.05, 4.69) is 36.4 Å². The van der Waals surface area contributed by atoms with Crippen molar-refractivity contribution in [2.45, 2.75) is 50.7 Å². The molecule has 2 heterocycles. The van der Waals surface area contributed by atoms with Gasteiger partial charge in [-0.3, -0.25) is 9.78 Å². The van der Waals surface area contributed by atoms with Crippen LogP contribution in [0.3, 0.4) is 0 Å². The third-order valence-electron chi connectivity index (χ3n) is 6.97. The third-order valence-corrected chi connectivity index (χ3v) is 7.48. The number of hydrogen-bond donors (Lipinski definition) is 3. The zero-order valence-electron chi connectivity index (χ0n) is 22.1. The molecule has 0 saturated carbocycles. The zero-order valence-corrected chi connectivity index (χ0v) is 23.6. The molecule has 0 spiro atoms. The van der Waals surface area contributed by atoms with E-state index in [0.29, 0.717) is 28.4 Å². The second-order valence-corrected chi connectivity index (χ2v) is 11.8. The van der Waals surface area contributed by atoms with Gasteiger partial charge in [0.15, 0.2) is 0 Å². The largest absolute Gasteiger partial charge is 0.465 e. The Morgan fingerprint density at radius 3 is 2.41 bits per heavy atom. The summed E-state index contributed by atoms with van der Waals surface area (Å²) >= 11 is 12.3. The molecule has 4 N–H and O–H groups in total. The van der Waals surface area contributed by atoms with E-state index in [-0.39, 0.29) is 16.0 Å². The number of hydrogen-bond acceptors (Lipinski definition) is 6. The second-order valence-electron chi connectivity index (χ2n) is 10.9. The summed E-state index contributed by atoms with van der Waals surface area (Å²) in [6, 6.07) is 12.9. The van der Waals surface area contributed by atoms with Crippen LogP contribution >= 0.6 is 23.2 Å². The first-order valence-corrected chi connectivity index (χ1v) is 13.2. The number of aromatic nitrogens is 1. The Morgan fingerprint density at radius 1 is 1.13 bits per heavy atom. The molecule has 10 heteroatoms. The van der Waals surface area contributed by atoms with Gasteiger partial charge in [0, 0.05) is 23.8 Å². The Balaban J connectivity index is 1.82. The summed E-state index contributed by atoms with van der Waals surface area (Å²) in [4.78, 5) is 30.2. The van der Waals surface area contributed by atoms with Crippen LogP contribution in [0.2, 0.25) is 10.0 Å². The lowest BCUT2D eigenvalue weighted by Gasteiger charge is -2.38. The lowest BCUT2D eigenvalue weighted by molar-refractivity contribution is -0.118. The number of halogens is 3. The SMILES string of the molecule is COC(=O)c1ccc(NC(=O)[C@@H]2N[C@@H](CC(C)(C)C)[C@](N)(c3ccc(Cl)cn3)[C@H]2c2cccc(Cl)c2F)cc1. The van der Waals surface area contributed by atoms with Gasteiger partial charge in [-0.05, 0) is 59.9 Å². The van der Waals surface area contributed by atoms with E-state index in [1.807, 2.05) is 0 Å². The Hall–Kier alpha value is -3.04. The molecular formula is C29H31Cl2FN4O3. The lowest BCUT2D eigenvalue weighted by Crippen LogP contribution is -2.52. The quantitative estimate of drug-likeness (QED) is 0.329. The molecule has 206 valence electrons. The normalized spacial score (nSPS) is 22.9. The highest BCUT2D eigenvalue weighted by Gasteiger charge is 2.58. The molecular weight excluding hydrogens is 542 g/mol. The summed E-state index contributed by atoms with van der Waals surface area (Å²) in [5.41, 5.74) is 7.22. The van der Waals surface area contributed by atoms with E-state index >= 15 is 4.39 Å². The number of nitrogens with zero attached hydrogens (tertiary/aromatic N) is 1. The van der Waals surface area contributed by atoms with Gasteiger partial charge < -0.3 is 21.1 Å². The van der Waals surface area contributed by atoms with Gasteiger partial charge in [-0.2, -0.15) is 0 Å². The highest BCUT2D eigenvalue weighted by atomic mass is 35.5. The van der Waals surface area contributed by atoms with Crippen molar-refractivity contribution in [3.05, 3.63) is 93.5 Å². The number of esters is 1. The van der Waals surface area contributed by atoms with Gasteiger partial charge in [0.25, 0.3) is 0 Å². The molecule has 1 aliphatic heterocycles. The van der Waals surface area contributed by atoms with Crippen molar-refractivity contribution >= 4 is 40.8 Å². The van der Waals surface area contributed by atoms with E-state index in [4.69, 9.17) is 33.7 Å². The molecule has 1 saturated heterocycles. The van der Waals surface area contributed by atoms with Crippen molar-refractivity contribution in [2.24, 2.45) is 11.1 Å². The van der Waals surface area contributed by atoms with E-state index < -0.39 is 41.2 Å². The molecule has 1 amide bonds. The van der Waals surface area contributed by atoms with Crippen LogP contribution in [0, 0.1) is 11.2 Å². The topological polar surface area (TPSA) is 106 Å². The fourth-order valence-corrected chi connectivity index (χ4v) is 5.50. The summed E-state index contributed by atoms with van der Waals surface area (Å²) < 4.78 is 20.4. The Bertz CT molecular complexity index is 1360. The summed E-state index contributed by atoms with van der Waals surface area (Å²) in [7, 11) is 1.29. The average molecular weight is 573 g/mol. The van der Waals surface area contributed by atoms with Crippen LogP contribution in [-0.4, -0.2) is 36.1 Å². The number of amides is 1. The van der Waals surface area contributed by atoms with E-state index in [9.17, 15) is 9.59 Å². The number of carbonyl (C=O) groups is 2. The molecule has 0 radical (unpaired) electrons.